The summed E-state index contributed by atoms with van der Waals surface area (Å²) in [5.41, 5.74) is 6.14. The van der Waals surface area contributed by atoms with Crippen molar-refractivity contribution in [3.8, 4) is 0 Å². The Morgan fingerprint density at radius 2 is 1.92 bits per heavy atom. The van der Waals surface area contributed by atoms with Crippen LogP contribution in [0, 0.1) is 5.82 Å². The Morgan fingerprint density at radius 1 is 1.33 bits per heavy atom. The van der Waals surface area contributed by atoms with E-state index in [4.69, 9.17) is 10.8 Å². The van der Waals surface area contributed by atoms with Gasteiger partial charge in [0.1, 0.15) is 12.0 Å². The van der Waals surface area contributed by atoms with E-state index in [0.717, 1.165) is 5.56 Å². The number of hydrogen-bond donors (Lipinski definition) is 2. The molecule has 1 atom stereocenters. The Labute approximate surface area is 70.8 Å². The SMILES string of the molecule is NC(O)CCc1ccc(F)cc1. The van der Waals surface area contributed by atoms with Gasteiger partial charge in [-0.3, -0.25) is 0 Å². The normalized spacial score (nSPS) is 12.9. The van der Waals surface area contributed by atoms with Crippen molar-refractivity contribution < 1.29 is 9.50 Å². The molecule has 12 heavy (non-hydrogen) atoms. The van der Waals surface area contributed by atoms with Crippen molar-refractivity contribution in [2.24, 2.45) is 5.73 Å². The lowest BCUT2D eigenvalue weighted by molar-refractivity contribution is 0.172. The summed E-state index contributed by atoms with van der Waals surface area (Å²) in [6.45, 7) is 0. The first-order valence-corrected chi connectivity index (χ1v) is 3.86. The van der Waals surface area contributed by atoms with Gasteiger partial charge in [0.05, 0.1) is 0 Å². The van der Waals surface area contributed by atoms with Crippen LogP contribution in [0.15, 0.2) is 24.3 Å². The number of aliphatic hydroxyl groups excluding tert-OH is 1. The van der Waals surface area contributed by atoms with Crippen molar-refractivity contribution in [2.75, 3.05) is 0 Å². The van der Waals surface area contributed by atoms with E-state index >= 15 is 0 Å². The highest BCUT2D eigenvalue weighted by molar-refractivity contribution is 5.15. The summed E-state index contributed by atoms with van der Waals surface area (Å²) in [6, 6.07) is 6.19. The summed E-state index contributed by atoms with van der Waals surface area (Å²) in [5, 5.41) is 8.77. The molecule has 1 aromatic rings. The highest BCUT2D eigenvalue weighted by Gasteiger charge is 1.97. The second kappa shape index (κ2) is 4.18. The standard InChI is InChI=1S/C9H12FNO/c10-8-4-1-7(2-5-8)3-6-9(11)12/h1-2,4-5,9,12H,3,6,11H2. The number of benzene rings is 1. The number of aryl methyl sites for hydroxylation is 1. The minimum atomic E-state index is -0.782. The van der Waals surface area contributed by atoms with Crippen molar-refractivity contribution in [2.45, 2.75) is 19.1 Å². The molecule has 0 saturated heterocycles. The topological polar surface area (TPSA) is 46.2 Å². The average Bonchev–Trinajstić information content (AvgIpc) is 2.03. The van der Waals surface area contributed by atoms with Crippen LogP contribution in [0.25, 0.3) is 0 Å². The van der Waals surface area contributed by atoms with Crippen molar-refractivity contribution in [3.05, 3.63) is 35.6 Å². The maximum Gasteiger partial charge on any atom is 0.123 e. The molecular formula is C9H12FNO. The molecule has 66 valence electrons. The third-order valence-electron chi connectivity index (χ3n) is 1.64. The van der Waals surface area contributed by atoms with Gasteiger partial charge in [0, 0.05) is 0 Å². The lowest BCUT2D eigenvalue weighted by atomic mass is 10.1. The van der Waals surface area contributed by atoms with E-state index in [1.54, 1.807) is 12.1 Å². The van der Waals surface area contributed by atoms with Crippen LogP contribution >= 0.6 is 0 Å². The van der Waals surface area contributed by atoms with Gasteiger partial charge in [0.2, 0.25) is 0 Å². The molecule has 3 heteroatoms. The van der Waals surface area contributed by atoms with Crippen LogP contribution in [-0.4, -0.2) is 11.3 Å². The van der Waals surface area contributed by atoms with Crippen molar-refractivity contribution in [3.63, 3.8) is 0 Å². The largest absolute Gasteiger partial charge is 0.379 e. The second-order valence-corrected chi connectivity index (χ2v) is 2.73. The molecule has 0 aliphatic heterocycles. The van der Waals surface area contributed by atoms with Gasteiger partial charge in [-0.1, -0.05) is 12.1 Å². The first kappa shape index (κ1) is 9.16. The highest BCUT2D eigenvalue weighted by Crippen LogP contribution is 2.05. The van der Waals surface area contributed by atoms with Crippen LogP contribution in [-0.2, 0) is 6.42 Å². The summed E-state index contributed by atoms with van der Waals surface area (Å²) in [5.74, 6) is -0.243. The molecule has 0 amide bonds. The Kier molecular flexibility index (Phi) is 3.19. The summed E-state index contributed by atoms with van der Waals surface area (Å²) in [4.78, 5) is 0. The zero-order chi connectivity index (χ0) is 8.97. The van der Waals surface area contributed by atoms with Crippen LogP contribution < -0.4 is 5.73 Å². The number of halogens is 1. The van der Waals surface area contributed by atoms with Gasteiger partial charge in [-0.15, -0.1) is 0 Å². The molecule has 0 spiro atoms. The molecule has 0 aliphatic rings. The fourth-order valence-electron chi connectivity index (χ4n) is 0.966. The van der Waals surface area contributed by atoms with Crippen LogP contribution in [0.2, 0.25) is 0 Å². The molecule has 0 aliphatic carbocycles. The Bertz CT molecular complexity index is 233. The minimum absolute atomic E-state index is 0.243. The monoisotopic (exact) mass is 169 g/mol. The van der Waals surface area contributed by atoms with Crippen LogP contribution in [0.5, 0.6) is 0 Å². The first-order chi connectivity index (χ1) is 5.68. The molecule has 1 rings (SSSR count). The molecule has 0 saturated carbocycles. The average molecular weight is 169 g/mol. The van der Waals surface area contributed by atoms with Gasteiger partial charge >= 0.3 is 0 Å². The van der Waals surface area contributed by atoms with E-state index in [1.165, 1.54) is 12.1 Å². The van der Waals surface area contributed by atoms with Crippen LogP contribution in [0.4, 0.5) is 4.39 Å². The molecule has 0 aromatic heterocycles. The predicted molar refractivity (Wildman–Crippen MR) is 44.9 cm³/mol. The fraction of sp³-hybridized carbons (Fsp3) is 0.333. The number of nitrogens with two attached hydrogens (primary N) is 1. The summed E-state index contributed by atoms with van der Waals surface area (Å²) >= 11 is 0. The Balaban J connectivity index is 2.48. The van der Waals surface area contributed by atoms with Crippen molar-refractivity contribution >= 4 is 0 Å². The van der Waals surface area contributed by atoms with Gasteiger partial charge in [-0.05, 0) is 30.5 Å². The molecule has 0 radical (unpaired) electrons. The predicted octanol–water partition coefficient (Wildman–Crippen LogP) is 1.04. The summed E-state index contributed by atoms with van der Waals surface area (Å²) in [7, 11) is 0. The van der Waals surface area contributed by atoms with E-state index < -0.39 is 6.23 Å². The smallest absolute Gasteiger partial charge is 0.123 e. The zero-order valence-electron chi connectivity index (χ0n) is 6.70. The van der Waals surface area contributed by atoms with Crippen molar-refractivity contribution in [1.29, 1.82) is 0 Å². The summed E-state index contributed by atoms with van der Waals surface area (Å²) < 4.78 is 12.4. The van der Waals surface area contributed by atoms with Gasteiger partial charge < -0.3 is 10.8 Å². The quantitative estimate of drug-likeness (QED) is 0.664. The number of aliphatic hydroxyl groups is 1. The van der Waals surface area contributed by atoms with E-state index in [0.29, 0.717) is 12.8 Å². The lowest BCUT2D eigenvalue weighted by Crippen LogP contribution is -2.19. The Morgan fingerprint density at radius 3 is 2.42 bits per heavy atom. The van der Waals surface area contributed by atoms with Crippen molar-refractivity contribution in [1.82, 2.24) is 0 Å². The molecular weight excluding hydrogens is 157 g/mol. The van der Waals surface area contributed by atoms with Crippen LogP contribution in [0.1, 0.15) is 12.0 Å². The third kappa shape index (κ3) is 2.98. The highest BCUT2D eigenvalue weighted by atomic mass is 19.1. The molecule has 2 nitrogen and oxygen atoms in total. The minimum Gasteiger partial charge on any atom is -0.379 e. The zero-order valence-corrected chi connectivity index (χ0v) is 6.70. The molecule has 1 unspecified atom stereocenters. The maximum atomic E-state index is 12.4. The maximum absolute atomic E-state index is 12.4. The van der Waals surface area contributed by atoms with E-state index in [2.05, 4.69) is 0 Å². The number of hydrogen-bond acceptors (Lipinski definition) is 2. The van der Waals surface area contributed by atoms with Gasteiger partial charge in [0.25, 0.3) is 0 Å². The Hall–Kier alpha value is -0.930. The third-order valence-corrected chi connectivity index (χ3v) is 1.64. The molecule has 3 N–H and O–H groups in total. The van der Waals surface area contributed by atoms with Gasteiger partial charge in [0.15, 0.2) is 0 Å². The van der Waals surface area contributed by atoms with E-state index in [-0.39, 0.29) is 5.82 Å². The molecule has 1 aromatic carbocycles. The van der Waals surface area contributed by atoms with Gasteiger partial charge in [-0.25, -0.2) is 4.39 Å². The van der Waals surface area contributed by atoms with E-state index in [1.807, 2.05) is 0 Å². The molecule has 0 bridgehead atoms. The molecule has 0 fully saturated rings. The van der Waals surface area contributed by atoms with Gasteiger partial charge in [-0.2, -0.15) is 0 Å². The van der Waals surface area contributed by atoms with E-state index in [9.17, 15) is 4.39 Å². The lowest BCUT2D eigenvalue weighted by Gasteiger charge is -2.03. The summed E-state index contributed by atoms with van der Waals surface area (Å²) in [6.07, 6.45) is 0.402. The van der Waals surface area contributed by atoms with Crippen LogP contribution in [0.3, 0.4) is 0 Å². The first-order valence-electron chi connectivity index (χ1n) is 3.86. The molecule has 0 heterocycles. The second-order valence-electron chi connectivity index (χ2n) is 2.73. The fourth-order valence-corrected chi connectivity index (χ4v) is 0.966. The number of rotatable bonds is 3.